The highest BCUT2D eigenvalue weighted by molar-refractivity contribution is 7.89. The van der Waals surface area contributed by atoms with E-state index in [1.807, 2.05) is 51.1 Å². The molecule has 10 heteroatoms. The van der Waals surface area contributed by atoms with Gasteiger partial charge in [-0.3, -0.25) is 15.1 Å². The molecule has 1 fully saturated rings. The first-order valence-electron chi connectivity index (χ1n) is 11.1. The van der Waals surface area contributed by atoms with Gasteiger partial charge in [-0.25, -0.2) is 13.2 Å². The summed E-state index contributed by atoms with van der Waals surface area (Å²) in [5, 5.41) is -0.229. The number of likely N-dealkylation sites (tertiary alicyclic amines) is 1. The monoisotopic (exact) mass is 505 g/mol. The van der Waals surface area contributed by atoms with Crippen LogP contribution >= 0.6 is 12.6 Å². The molecule has 0 saturated carbocycles. The van der Waals surface area contributed by atoms with Crippen molar-refractivity contribution in [2.75, 3.05) is 13.1 Å². The number of hydrogen-bond donors (Lipinski definition) is 2. The van der Waals surface area contributed by atoms with Crippen LogP contribution in [0.25, 0.3) is 0 Å². The van der Waals surface area contributed by atoms with Gasteiger partial charge in [0, 0.05) is 18.3 Å². The highest BCUT2D eigenvalue weighted by Gasteiger charge is 2.41. The molecule has 0 aliphatic carbocycles. The molecule has 0 spiro atoms. The first kappa shape index (κ1) is 26.1. The molecule has 2 aromatic carbocycles. The van der Waals surface area contributed by atoms with Gasteiger partial charge in [-0.2, -0.15) is 12.6 Å². The second kappa shape index (κ2) is 11.2. The van der Waals surface area contributed by atoms with Crippen molar-refractivity contribution in [1.82, 2.24) is 14.7 Å². The van der Waals surface area contributed by atoms with Gasteiger partial charge in [-0.05, 0) is 37.0 Å². The normalized spacial score (nSPS) is 18.4. The number of aryl methyl sites for hydroxylation is 1. The Kier molecular flexibility index (Phi) is 8.62. The zero-order chi connectivity index (χ0) is 24.9. The fraction of sp³-hybridized carbons (Fsp3) is 0.417. The summed E-state index contributed by atoms with van der Waals surface area (Å²) in [4.78, 5) is 27.3. The molecule has 8 nitrogen and oxygen atoms in total. The number of ether oxygens (including phenoxy) is 1. The minimum Gasteiger partial charge on any atom is -0.445 e. The van der Waals surface area contributed by atoms with E-state index in [0.29, 0.717) is 0 Å². The summed E-state index contributed by atoms with van der Waals surface area (Å²) in [7, 11) is -3.99. The van der Waals surface area contributed by atoms with E-state index >= 15 is 0 Å². The largest absolute Gasteiger partial charge is 0.445 e. The molecule has 0 radical (unpaired) electrons. The summed E-state index contributed by atoms with van der Waals surface area (Å²) >= 11 is 4.45. The van der Waals surface area contributed by atoms with Crippen molar-refractivity contribution in [3.8, 4) is 0 Å². The number of nitrogens with one attached hydrogen (secondary N) is 1. The highest BCUT2D eigenvalue weighted by Crippen LogP contribution is 2.24. The topological polar surface area (TPSA) is 96.0 Å². The van der Waals surface area contributed by atoms with E-state index in [1.165, 1.54) is 17.0 Å². The van der Waals surface area contributed by atoms with Crippen LogP contribution in [0.5, 0.6) is 0 Å². The quantitative estimate of drug-likeness (QED) is 0.424. The van der Waals surface area contributed by atoms with E-state index < -0.39 is 28.1 Å². The third-order valence-corrected chi connectivity index (χ3v) is 7.46. The van der Waals surface area contributed by atoms with Crippen LogP contribution in [0.15, 0.2) is 59.5 Å². The molecule has 184 valence electrons. The number of hydrogen-bond acceptors (Lipinski definition) is 6. The molecule has 1 aliphatic heterocycles. The summed E-state index contributed by atoms with van der Waals surface area (Å²) in [6.45, 7) is 5.96. The lowest BCUT2D eigenvalue weighted by Gasteiger charge is -2.28. The van der Waals surface area contributed by atoms with Crippen molar-refractivity contribution in [2.24, 2.45) is 5.92 Å². The maximum atomic E-state index is 13.3. The van der Waals surface area contributed by atoms with Crippen molar-refractivity contribution in [3.63, 3.8) is 0 Å². The van der Waals surface area contributed by atoms with E-state index in [-0.39, 0.29) is 42.2 Å². The number of thiol groups is 1. The summed E-state index contributed by atoms with van der Waals surface area (Å²) in [5.74, 6) is -0.641. The molecule has 1 heterocycles. The van der Waals surface area contributed by atoms with Gasteiger partial charge in [0.1, 0.15) is 12.6 Å². The van der Waals surface area contributed by atoms with Crippen LogP contribution in [0.3, 0.4) is 0 Å². The van der Waals surface area contributed by atoms with Crippen LogP contribution in [0.4, 0.5) is 4.79 Å². The number of benzene rings is 2. The molecule has 0 unspecified atom stereocenters. The number of amides is 2. The molecular formula is C24H31N3O5S2. The van der Waals surface area contributed by atoms with Gasteiger partial charge >= 0.3 is 6.09 Å². The first-order valence-corrected chi connectivity index (χ1v) is 13.1. The predicted octanol–water partition coefficient (Wildman–Crippen LogP) is 3.38. The average molecular weight is 506 g/mol. The first-order chi connectivity index (χ1) is 16.1. The number of nitrogens with zero attached hydrogens (tertiary/aromatic N) is 2. The van der Waals surface area contributed by atoms with Crippen LogP contribution < -0.4 is 5.43 Å². The van der Waals surface area contributed by atoms with E-state index in [9.17, 15) is 18.0 Å². The van der Waals surface area contributed by atoms with Gasteiger partial charge in [0.2, 0.25) is 0 Å². The zero-order valence-electron chi connectivity index (χ0n) is 19.5. The van der Waals surface area contributed by atoms with Crippen LogP contribution in [0, 0.1) is 12.8 Å². The van der Waals surface area contributed by atoms with E-state index in [0.717, 1.165) is 15.5 Å². The summed E-state index contributed by atoms with van der Waals surface area (Å²) in [6, 6.07) is 14.8. The Morgan fingerprint density at radius 3 is 2.41 bits per heavy atom. The molecule has 0 bridgehead atoms. The maximum Gasteiger partial charge on any atom is 0.410 e. The van der Waals surface area contributed by atoms with Crippen LogP contribution in [-0.4, -0.2) is 54.1 Å². The fourth-order valence-corrected chi connectivity index (χ4v) is 5.45. The highest BCUT2D eigenvalue weighted by atomic mass is 32.2. The van der Waals surface area contributed by atoms with Crippen molar-refractivity contribution in [3.05, 3.63) is 65.7 Å². The summed E-state index contributed by atoms with van der Waals surface area (Å²) < 4.78 is 32.9. The average Bonchev–Trinajstić information content (AvgIpc) is 3.19. The van der Waals surface area contributed by atoms with Gasteiger partial charge in [0.15, 0.2) is 0 Å². The molecule has 1 aliphatic rings. The lowest BCUT2D eigenvalue weighted by Crippen LogP contribution is -2.54. The van der Waals surface area contributed by atoms with Gasteiger partial charge < -0.3 is 4.74 Å². The molecular weight excluding hydrogens is 474 g/mol. The molecule has 2 aromatic rings. The molecule has 0 aromatic heterocycles. The predicted molar refractivity (Wildman–Crippen MR) is 133 cm³/mol. The Morgan fingerprint density at radius 2 is 1.79 bits per heavy atom. The second-order valence-corrected chi connectivity index (χ2v) is 11.4. The fourth-order valence-electron chi connectivity index (χ4n) is 3.64. The standard InChI is InChI=1S/C24H31N3O5S2/c1-17(2)14-27(34(30,31)21-11-9-18(3)10-12-21)25-23(28)22-13-20(33)15-26(22)24(29)32-16-19-7-5-4-6-8-19/h4-12,17,20,22,33H,13-16H2,1-3H3,(H,25,28)/t20-,22+/m1/s1. The second-order valence-electron chi connectivity index (χ2n) is 8.82. The molecule has 3 rings (SSSR count). The van der Waals surface area contributed by atoms with Gasteiger partial charge in [0.25, 0.3) is 15.9 Å². The number of carbonyl (C=O) groups excluding carboxylic acids is 2. The molecule has 34 heavy (non-hydrogen) atoms. The van der Waals surface area contributed by atoms with Crippen molar-refractivity contribution in [2.45, 2.75) is 50.0 Å². The molecule has 2 atom stereocenters. The number of hydrazine groups is 1. The minimum absolute atomic E-state index is 0.0475. The number of sulfonamides is 1. The Morgan fingerprint density at radius 1 is 1.15 bits per heavy atom. The Bertz CT molecular complexity index is 1090. The van der Waals surface area contributed by atoms with E-state index in [2.05, 4.69) is 18.1 Å². The third kappa shape index (κ3) is 6.52. The van der Waals surface area contributed by atoms with E-state index in [1.54, 1.807) is 12.1 Å². The van der Waals surface area contributed by atoms with Crippen molar-refractivity contribution < 1.29 is 22.7 Å². The summed E-state index contributed by atoms with van der Waals surface area (Å²) in [6.07, 6.45) is -0.354. The maximum absolute atomic E-state index is 13.3. The molecule has 2 amide bonds. The van der Waals surface area contributed by atoms with Crippen LogP contribution in [0.2, 0.25) is 0 Å². The Hall–Kier alpha value is -2.56. The van der Waals surface area contributed by atoms with Gasteiger partial charge in [-0.15, -0.1) is 4.41 Å². The third-order valence-electron chi connectivity index (χ3n) is 5.40. The lowest BCUT2D eigenvalue weighted by molar-refractivity contribution is -0.128. The Balaban J connectivity index is 1.75. The van der Waals surface area contributed by atoms with Crippen molar-refractivity contribution in [1.29, 1.82) is 0 Å². The zero-order valence-corrected chi connectivity index (χ0v) is 21.3. The lowest BCUT2D eigenvalue weighted by atomic mass is 10.2. The van der Waals surface area contributed by atoms with Gasteiger partial charge in [-0.1, -0.05) is 61.9 Å². The number of carbonyl (C=O) groups is 2. The van der Waals surface area contributed by atoms with Crippen molar-refractivity contribution >= 4 is 34.7 Å². The Labute approximate surface area is 206 Å². The smallest absolute Gasteiger partial charge is 0.410 e. The number of rotatable bonds is 8. The van der Waals surface area contributed by atoms with E-state index in [4.69, 9.17) is 4.74 Å². The molecule has 1 saturated heterocycles. The summed E-state index contributed by atoms with van der Waals surface area (Å²) in [5.41, 5.74) is 4.30. The van der Waals surface area contributed by atoms with Crippen LogP contribution in [-0.2, 0) is 26.2 Å². The molecule has 1 N–H and O–H groups in total. The van der Waals surface area contributed by atoms with Gasteiger partial charge in [0.05, 0.1) is 4.90 Å². The SMILES string of the molecule is Cc1ccc(S(=O)(=O)N(CC(C)C)NC(=O)[C@@H]2C[C@@H](S)CN2C(=O)OCc2ccccc2)cc1. The van der Waals surface area contributed by atoms with Crippen LogP contribution in [0.1, 0.15) is 31.4 Å². The minimum atomic E-state index is -3.99.